The first-order valence-corrected chi connectivity index (χ1v) is 7.52. The minimum absolute atomic E-state index is 0.599. The van der Waals surface area contributed by atoms with Crippen LogP contribution in [-0.2, 0) is 0 Å². The van der Waals surface area contributed by atoms with Gasteiger partial charge in [0.1, 0.15) is 0 Å². The van der Waals surface area contributed by atoms with Crippen LogP contribution in [0.15, 0.2) is 30.3 Å². The van der Waals surface area contributed by atoms with Crippen molar-refractivity contribution in [1.29, 1.82) is 0 Å². The largest absolute Gasteiger partial charge is 0.313 e. The summed E-state index contributed by atoms with van der Waals surface area (Å²) >= 11 is 0. The fourth-order valence-corrected chi connectivity index (χ4v) is 2.70. The molecule has 0 saturated heterocycles. The molecule has 0 heterocycles. The van der Waals surface area contributed by atoms with E-state index in [-0.39, 0.29) is 0 Å². The second-order valence-electron chi connectivity index (χ2n) is 5.29. The van der Waals surface area contributed by atoms with E-state index in [0.29, 0.717) is 12.0 Å². The fraction of sp³-hybridized carbons (Fsp3) is 0.647. The second-order valence-corrected chi connectivity index (χ2v) is 5.29. The Balaban J connectivity index is 2.86. The van der Waals surface area contributed by atoms with Crippen LogP contribution in [-0.4, -0.2) is 12.6 Å². The van der Waals surface area contributed by atoms with Crippen LogP contribution in [0.3, 0.4) is 0 Å². The monoisotopic (exact) mass is 247 g/mol. The predicted molar refractivity (Wildman–Crippen MR) is 81.0 cm³/mol. The summed E-state index contributed by atoms with van der Waals surface area (Å²) < 4.78 is 0. The van der Waals surface area contributed by atoms with E-state index < -0.39 is 0 Å². The molecule has 0 aliphatic heterocycles. The van der Waals surface area contributed by atoms with Crippen molar-refractivity contribution in [2.75, 3.05) is 6.54 Å². The lowest BCUT2D eigenvalue weighted by molar-refractivity contribution is 0.311. The Morgan fingerprint density at radius 3 is 2.17 bits per heavy atom. The van der Waals surface area contributed by atoms with Gasteiger partial charge in [0.2, 0.25) is 0 Å². The molecule has 1 aromatic carbocycles. The van der Waals surface area contributed by atoms with Crippen LogP contribution in [0.4, 0.5) is 0 Å². The highest BCUT2D eigenvalue weighted by molar-refractivity contribution is 5.21. The van der Waals surface area contributed by atoms with E-state index >= 15 is 0 Å². The van der Waals surface area contributed by atoms with Gasteiger partial charge in [-0.25, -0.2) is 0 Å². The van der Waals surface area contributed by atoms with Gasteiger partial charge in [-0.15, -0.1) is 0 Å². The summed E-state index contributed by atoms with van der Waals surface area (Å²) in [6.07, 6.45) is 3.65. The number of nitrogens with one attached hydrogen (secondary N) is 1. The molecule has 0 amide bonds. The Labute approximate surface area is 113 Å². The van der Waals surface area contributed by atoms with Gasteiger partial charge < -0.3 is 5.32 Å². The van der Waals surface area contributed by atoms with Crippen LogP contribution < -0.4 is 5.32 Å². The van der Waals surface area contributed by atoms with Gasteiger partial charge in [0, 0.05) is 6.04 Å². The Hall–Kier alpha value is -0.820. The number of benzene rings is 1. The molecule has 0 spiro atoms. The molecule has 0 radical (unpaired) electrons. The van der Waals surface area contributed by atoms with E-state index in [0.717, 1.165) is 12.5 Å². The van der Waals surface area contributed by atoms with Gasteiger partial charge in [-0.05, 0) is 36.8 Å². The molecular weight excluding hydrogens is 218 g/mol. The third-order valence-corrected chi connectivity index (χ3v) is 3.99. The average Bonchev–Trinajstić information content (AvgIpc) is 2.43. The van der Waals surface area contributed by atoms with Gasteiger partial charge >= 0.3 is 0 Å². The minimum atomic E-state index is 0.599. The van der Waals surface area contributed by atoms with Crippen molar-refractivity contribution in [1.82, 2.24) is 5.32 Å². The average molecular weight is 247 g/mol. The van der Waals surface area contributed by atoms with Gasteiger partial charge in [0.25, 0.3) is 0 Å². The maximum atomic E-state index is 3.77. The van der Waals surface area contributed by atoms with Crippen molar-refractivity contribution < 1.29 is 0 Å². The summed E-state index contributed by atoms with van der Waals surface area (Å²) in [5.41, 5.74) is 1.48. The second kappa shape index (κ2) is 8.31. The van der Waals surface area contributed by atoms with Crippen LogP contribution in [0, 0.1) is 5.92 Å². The van der Waals surface area contributed by atoms with Crippen LogP contribution in [0.5, 0.6) is 0 Å². The molecule has 0 fully saturated rings. The van der Waals surface area contributed by atoms with Crippen LogP contribution in [0.2, 0.25) is 0 Å². The van der Waals surface area contributed by atoms with Gasteiger partial charge in [0.15, 0.2) is 0 Å². The van der Waals surface area contributed by atoms with Crippen molar-refractivity contribution >= 4 is 0 Å². The first-order chi connectivity index (χ1) is 8.74. The molecule has 1 nitrogen and oxygen atoms in total. The quantitative estimate of drug-likeness (QED) is 0.708. The maximum Gasteiger partial charge on any atom is 0.0161 e. The summed E-state index contributed by atoms with van der Waals surface area (Å²) in [4.78, 5) is 0. The molecule has 3 atom stereocenters. The van der Waals surface area contributed by atoms with E-state index in [2.05, 4.69) is 63.3 Å². The Morgan fingerprint density at radius 2 is 1.67 bits per heavy atom. The topological polar surface area (TPSA) is 12.0 Å². The molecule has 0 aromatic heterocycles. The number of hydrogen-bond acceptors (Lipinski definition) is 1. The van der Waals surface area contributed by atoms with Crippen LogP contribution >= 0.6 is 0 Å². The SMILES string of the molecule is CCCNC(C(C)CC)C(CC)c1ccccc1. The molecule has 1 aromatic rings. The van der Waals surface area contributed by atoms with Gasteiger partial charge in [-0.3, -0.25) is 0 Å². The highest BCUT2D eigenvalue weighted by atomic mass is 14.9. The molecule has 1 heteroatoms. The van der Waals surface area contributed by atoms with Gasteiger partial charge in [-0.1, -0.05) is 64.4 Å². The zero-order valence-corrected chi connectivity index (χ0v) is 12.4. The van der Waals surface area contributed by atoms with Gasteiger partial charge in [-0.2, -0.15) is 0 Å². The standard InChI is InChI=1S/C17H29N/c1-5-13-18-17(14(4)6-2)16(7-3)15-11-9-8-10-12-15/h8-12,14,16-18H,5-7,13H2,1-4H3. The van der Waals surface area contributed by atoms with Crippen LogP contribution in [0.1, 0.15) is 58.4 Å². The summed E-state index contributed by atoms with van der Waals surface area (Å²) in [6, 6.07) is 11.6. The number of rotatable bonds is 8. The Kier molecular flexibility index (Phi) is 7.04. The number of hydrogen-bond donors (Lipinski definition) is 1. The molecule has 1 rings (SSSR count). The van der Waals surface area contributed by atoms with E-state index in [9.17, 15) is 0 Å². The summed E-state index contributed by atoms with van der Waals surface area (Å²) in [5.74, 6) is 1.36. The smallest absolute Gasteiger partial charge is 0.0161 e. The Bertz CT molecular complexity index is 307. The minimum Gasteiger partial charge on any atom is -0.313 e. The molecule has 0 bridgehead atoms. The van der Waals surface area contributed by atoms with Gasteiger partial charge in [0.05, 0.1) is 0 Å². The maximum absolute atomic E-state index is 3.77. The molecular formula is C17H29N. The van der Waals surface area contributed by atoms with Crippen molar-refractivity contribution in [2.45, 2.75) is 58.9 Å². The zero-order chi connectivity index (χ0) is 13.4. The normalized spacial score (nSPS) is 16.2. The molecule has 1 N–H and O–H groups in total. The highest BCUT2D eigenvalue weighted by Crippen LogP contribution is 2.28. The molecule has 0 aliphatic rings. The predicted octanol–water partition coefficient (Wildman–Crippen LogP) is 4.59. The fourth-order valence-electron chi connectivity index (χ4n) is 2.70. The molecule has 102 valence electrons. The summed E-state index contributed by atoms with van der Waals surface area (Å²) in [7, 11) is 0. The molecule has 18 heavy (non-hydrogen) atoms. The van der Waals surface area contributed by atoms with E-state index in [1.807, 2.05) is 0 Å². The van der Waals surface area contributed by atoms with Crippen molar-refractivity contribution in [3.63, 3.8) is 0 Å². The Morgan fingerprint density at radius 1 is 1.00 bits per heavy atom. The van der Waals surface area contributed by atoms with E-state index in [1.54, 1.807) is 0 Å². The zero-order valence-electron chi connectivity index (χ0n) is 12.4. The molecule has 3 unspecified atom stereocenters. The summed E-state index contributed by atoms with van der Waals surface area (Å²) in [6.45, 7) is 10.3. The van der Waals surface area contributed by atoms with Crippen molar-refractivity contribution in [3.05, 3.63) is 35.9 Å². The lowest BCUT2D eigenvalue weighted by Gasteiger charge is -2.32. The third kappa shape index (κ3) is 4.13. The first kappa shape index (κ1) is 15.2. The van der Waals surface area contributed by atoms with E-state index in [4.69, 9.17) is 0 Å². The lowest BCUT2D eigenvalue weighted by atomic mass is 9.81. The third-order valence-electron chi connectivity index (χ3n) is 3.99. The first-order valence-electron chi connectivity index (χ1n) is 7.52. The van der Waals surface area contributed by atoms with Crippen LogP contribution in [0.25, 0.3) is 0 Å². The lowest BCUT2D eigenvalue weighted by Crippen LogP contribution is -2.40. The van der Waals surface area contributed by atoms with E-state index in [1.165, 1.54) is 24.8 Å². The van der Waals surface area contributed by atoms with Crippen molar-refractivity contribution in [3.8, 4) is 0 Å². The molecule has 0 aliphatic carbocycles. The van der Waals surface area contributed by atoms with Crippen molar-refractivity contribution in [2.24, 2.45) is 5.92 Å². The highest BCUT2D eigenvalue weighted by Gasteiger charge is 2.25. The molecule has 0 saturated carbocycles. The summed E-state index contributed by atoms with van der Waals surface area (Å²) in [5, 5.41) is 3.77.